The van der Waals surface area contributed by atoms with Gasteiger partial charge in [-0.05, 0) is 31.6 Å². The second kappa shape index (κ2) is 4.55. The molecule has 1 saturated heterocycles. The van der Waals surface area contributed by atoms with Gasteiger partial charge in [-0.3, -0.25) is 0 Å². The lowest BCUT2D eigenvalue weighted by molar-refractivity contribution is -0.142. The fraction of sp³-hybridized carbons (Fsp3) is 0.833. The summed E-state index contributed by atoms with van der Waals surface area (Å²) >= 11 is 0. The van der Waals surface area contributed by atoms with Gasteiger partial charge < -0.3 is 14.9 Å². The van der Waals surface area contributed by atoms with Gasteiger partial charge in [-0.1, -0.05) is 6.92 Å². The number of rotatable bonds is 2. The zero-order chi connectivity index (χ0) is 12.6. The lowest BCUT2D eigenvalue weighted by Gasteiger charge is -2.38. The summed E-state index contributed by atoms with van der Waals surface area (Å²) in [6.07, 6.45) is 4.04. The predicted molar refractivity (Wildman–Crippen MR) is 62.7 cm³/mol. The van der Waals surface area contributed by atoms with Crippen LogP contribution in [0.2, 0.25) is 0 Å². The van der Waals surface area contributed by atoms with E-state index in [0.29, 0.717) is 12.6 Å². The first kappa shape index (κ1) is 12.2. The summed E-state index contributed by atoms with van der Waals surface area (Å²) in [5, 5.41) is 9.18. The molecule has 2 atom stereocenters. The van der Waals surface area contributed by atoms with Crippen molar-refractivity contribution in [1.82, 2.24) is 9.80 Å². The summed E-state index contributed by atoms with van der Waals surface area (Å²) in [5.41, 5.74) is 0. The van der Waals surface area contributed by atoms with Crippen LogP contribution in [-0.2, 0) is 4.79 Å². The maximum absolute atomic E-state index is 12.2. The van der Waals surface area contributed by atoms with E-state index in [2.05, 4.69) is 0 Å². The number of carboxylic acid groups (broad SMARTS) is 1. The monoisotopic (exact) mass is 240 g/mol. The van der Waals surface area contributed by atoms with Gasteiger partial charge in [0.25, 0.3) is 0 Å². The van der Waals surface area contributed by atoms with Crippen molar-refractivity contribution in [3.8, 4) is 0 Å². The Morgan fingerprint density at radius 3 is 2.41 bits per heavy atom. The Labute approximate surface area is 101 Å². The average Bonchev–Trinajstić information content (AvgIpc) is 2.56. The van der Waals surface area contributed by atoms with Gasteiger partial charge in [0.2, 0.25) is 0 Å². The standard InChI is InChI=1S/C12H20N2O3/c1-8-6-7-14(10(8)11(15)16)12(17)13(2)9-4-3-5-9/h8-10H,3-7H2,1-2H3,(H,15,16). The van der Waals surface area contributed by atoms with Crippen molar-refractivity contribution in [1.29, 1.82) is 0 Å². The van der Waals surface area contributed by atoms with Crippen LogP contribution in [0.3, 0.4) is 0 Å². The topological polar surface area (TPSA) is 60.9 Å². The largest absolute Gasteiger partial charge is 0.480 e. The van der Waals surface area contributed by atoms with E-state index in [1.54, 1.807) is 11.9 Å². The van der Waals surface area contributed by atoms with Crippen molar-refractivity contribution in [2.24, 2.45) is 5.92 Å². The first-order chi connectivity index (χ1) is 8.02. The van der Waals surface area contributed by atoms with Gasteiger partial charge in [0.1, 0.15) is 6.04 Å². The van der Waals surface area contributed by atoms with Crippen molar-refractivity contribution < 1.29 is 14.7 Å². The molecule has 1 heterocycles. The molecule has 2 aliphatic rings. The first-order valence-corrected chi connectivity index (χ1v) is 6.28. The molecule has 1 aliphatic carbocycles. The zero-order valence-corrected chi connectivity index (χ0v) is 10.4. The highest BCUT2D eigenvalue weighted by Gasteiger charge is 2.41. The number of urea groups is 1. The lowest BCUT2D eigenvalue weighted by atomic mass is 9.92. The number of carbonyl (C=O) groups is 2. The highest BCUT2D eigenvalue weighted by molar-refractivity contribution is 5.83. The van der Waals surface area contributed by atoms with Crippen molar-refractivity contribution in [3.05, 3.63) is 0 Å². The summed E-state index contributed by atoms with van der Waals surface area (Å²) in [6.45, 7) is 2.46. The van der Waals surface area contributed by atoms with Crippen LogP contribution in [0.25, 0.3) is 0 Å². The minimum atomic E-state index is -0.884. The number of aliphatic carboxylic acids is 1. The molecule has 0 bridgehead atoms. The van der Waals surface area contributed by atoms with E-state index < -0.39 is 12.0 Å². The molecule has 17 heavy (non-hydrogen) atoms. The summed E-state index contributed by atoms with van der Waals surface area (Å²) in [5.74, 6) is -0.836. The van der Waals surface area contributed by atoms with Crippen LogP contribution in [0.5, 0.6) is 0 Å². The van der Waals surface area contributed by atoms with E-state index >= 15 is 0 Å². The highest BCUT2D eigenvalue weighted by atomic mass is 16.4. The van der Waals surface area contributed by atoms with E-state index in [1.807, 2.05) is 6.92 Å². The molecule has 2 amide bonds. The van der Waals surface area contributed by atoms with Gasteiger partial charge in [0, 0.05) is 19.6 Å². The normalized spacial score (nSPS) is 28.9. The maximum atomic E-state index is 12.2. The Morgan fingerprint density at radius 1 is 1.29 bits per heavy atom. The number of likely N-dealkylation sites (tertiary alicyclic amines) is 1. The van der Waals surface area contributed by atoms with Crippen LogP contribution < -0.4 is 0 Å². The van der Waals surface area contributed by atoms with Crippen molar-refractivity contribution >= 4 is 12.0 Å². The smallest absolute Gasteiger partial charge is 0.326 e. The molecule has 0 aromatic rings. The molecule has 1 saturated carbocycles. The van der Waals surface area contributed by atoms with Gasteiger partial charge in [-0.25, -0.2) is 9.59 Å². The molecule has 5 heteroatoms. The fourth-order valence-electron chi connectivity index (χ4n) is 2.67. The minimum absolute atomic E-state index is 0.0474. The van der Waals surface area contributed by atoms with Crippen LogP contribution in [0.15, 0.2) is 0 Å². The molecule has 2 fully saturated rings. The zero-order valence-electron chi connectivity index (χ0n) is 10.4. The second-order valence-corrected chi connectivity index (χ2v) is 5.22. The van der Waals surface area contributed by atoms with Crippen molar-refractivity contribution in [2.45, 2.75) is 44.7 Å². The Hall–Kier alpha value is -1.26. The van der Waals surface area contributed by atoms with Gasteiger partial charge in [0.15, 0.2) is 0 Å². The van der Waals surface area contributed by atoms with Crippen LogP contribution in [-0.4, -0.2) is 52.6 Å². The summed E-state index contributed by atoms with van der Waals surface area (Å²) in [7, 11) is 1.79. The summed E-state index contributed by atoms with van der Waals surface area (Å²) in [6, 6.07) is -0.454. The molecule has 1 aliphatic heterocycles. The molecule has 0 aromatic heterocycles. The average molecular weight is 240 g/mol. The number of amides is 2. The Balaban J connectivity index is 2.05. The molecule has 2 unspecified atom stereocenters. The molecular weight excluding hydrogens is 220 g/mol. The Bertz CT molecular complexity index is 328. The van der Waals surface area contributed by atoms with Crippen LogP contribution >= 0.6 is 0 Å². The summed E-state index contributed by atoms with van der Waals surface area (Å²) < 4.78 is 0. The molecule has 0 spiro atoms. The van der Waals surface area contributed by atoms with Crippen LogP contribution in [0.1, 0.15) is 32.6 Å². The van der Waals surface area contributed by atoms with E-state index in [4.69, 9.17) is 0 Å². The van der Waals surface area contributed by atoms with E-state index in [1.165, 1.54) is 11.3 Å². The predicted octanol–water partition coefficient (Wildman–Crippen LogP) is 1.39. The number of carboxylic acids is 1. The second-order valence-electron chi connectivity index (χ2n) is 5.22. The SMILES string of the molecule is CC1CCN(C(=O)N(C)C2CCC2)C1C(=O)O. The summed E-state index contributed by atoms with van der Waals surface area (Å²) in [4.78, 5) is 26.7. The highest BCUT2D eigenvalue weighted by Crippen LogP contribution is 2.29. The molecule has 5 nitrogen and oxygen atoms in total. The molecule has 1 N–H and O–H groups in total. The lowest BCUT2D eigenvalue weighted by Crippen LogP contribution is -2.52. The molecule has 0 aromatic carbocycles. The number of carbonyl (C=O) groups excluding carboxylic acids is 1. The number of hydrogen-bond acceptors (Lipinski definition) is 2. The first-order valence-electron chi connectivity index (χ1n) is 6.28. The third-order valence-electron chi connectivity index (χ3n) is 4.12. The fourth-order valence-corrected chi connectivity index (χ4v) is 2.67. The van der Waals surface area contributed by atoms with Gasteiger partial charge >= 0.3 is 12.0 Å². The van der Waals surface area contributed by atoms with Gasteiger partial charge in [-0.2, -0.15) is 0 Å². The Morgan fingerprint density at radius 2 is 1.94 bits per heavy atom. The third kappa shape index (κ3) is 2.10. The van der Waals surface area contributed by atoms with E-state index in [0.717, 1.165) is 19.3 Å². The van der Waals surface area contributed by atoms with Crippen LogP contribution in [0, 0.1) is 5.92 Å². The van der Waals surface area contributed by atoms with E-state index in [-0.39, 0.29) is 11.9 Å². The van der Waals surface area contributed by atoms with Gasteiger partial charge in [-0.15, -0.1) is 0 Å². The van der Waals surface area contributed by atoms with Crippen LogP contribution in [0.4, 0.5) is 4.79 Å². The van der Waals surface area contributed by atoms with Crippen molar-refractivity contribution in [3.63, 3.8) is 0 Å². The number of nitrogens with zero attached hydrogens (tertiary/aromatic N) is 2. The quantitative estimate of drug-likeness (QED) is 0.793. The van der Waals surface area contributed by atoms with Crippen molar-refractivity contribution in [2.75, 3.05) is 13.6 Å². The number of hydrogen-bond donors (Lipinski definition) is 1. The van der Waals surface area contributed by atoms with E-state index in [9.17, 15) is 14.7 Å². The Kier molecular flexibility index (Phi) is 3.26. The van der Waals surface area contributed by atoms with Gasteiger partial charge in [0.05, 0.1) is 0 Å². The molecule has 96 valence electrons. The maximum Gasteiger partial charge on any atom is 0.326 e. The minimum Gasteiger partial charge on any atom is -0.480 e. The third-order valence-corrected chi connectivity index (χ3v) is 4.12. The molecular formula is C12H20N2O3. The molecule has 2 rings (SSSR count). The molecule has 0 radical (unpaired) electrons.